The number of hydrogen-bond donors (Lipinski definition) is 2. The van der Waals surface area contributed by atoms with Crippen molar-refractivity contribution in [2.75, 3.05) is 18.9 Å². The average molecular weight is 372 g/mol. The number of rotatable bonds is 7. The molecule has 0 spiro atoms. The van der Waals surface area contributed by atoms with Gasteiger partial charge in [0, 0.05) is 11.4 Å². The van der Waals surface area contributed by atoms with Crippen LogP contribution in [0, 0.1) is 0 Å². The minimum absolute atomic E-state index is 0.125. The number of thiophene rings is 1. The van der Waals surface area contributed by atoms with Crippen LogP contribution in [0.15, 0.2) is 24.3 Å². The first kappa shape index (κ1) is 18.6. The van der Waals surface area contributed by atoms with Crippen LogP contribution in [0.1, 0.15) is 45.3 Å². The molecule has 1 aromatic heterocycles. The Hall–Kier alpha value is -2.18. The molecule has 1 aliphatic rings. The first-order valence-electron chi connectivity index (χ1n) is 8.98. The molecular formula is C20H25N3O2S. The minimum atomic E-state index is -0.455. The number of nitrogens with two attached hydrogens (primary N) is 1. The van der Waals surface area contributed by atoms with E-state index in [0.717, 1.165) is 31.2 Å². The van der Waals surface area contributed by atoms with Gasteiger partial charge in [-0.15, -0.1) is 11.3 Å². The Morgan fingerprint density at radius 2 is 1.88 bits per heavy atom. The molecule has 1 aliphatic carbocycles. The van der Waals surface area contributed by atoms with Crippen LogP contribution in [-0.4, -0.2) is 30.3 Å². The molecule has 5 nitrogen and oxygen atoms in total. The van der Waals surface area contributed by atoms with E-state index in [0.29, 0.717) is 17.1 Å². The summed E-state index contributed by atoms with van der Waals surface area (Å²) >= 11 is 1.49. The van der Waals surface area contributed by atoms with E-state index in [2.05, 4.69) is 36.5 Å². The van der Waals surface area contributed by atoms with E-state index in [-0.39, 0.29) is 12.5 Å². The summed E-state index contributed by atoms with van der Waals surface area (Å²) in [7, 11) is 1.91. The lowest BCUT2D eigenvalue weighted by Gasteiger charge is -2.16. The number of benzene rings is 1. The van der Waals surface area contributed by atoms with Gasteiger partial charge in [-0.3, -0.25) is 14.5 Å². The molecule has 0 bridgehead atoms. The topological polar surface area (TPSA) is 75.4 Å². The third-order valence-corrected chi connectivity index (χ3v) is 5.93. The van der Waals surface area contributed by atoms with E-state index < -0.39 is 5.91 Å². The number of carbonyl (C=O) groups is 2. The van der Waals surface area contributed by atoms with Crippen molar-refractivity contribution in [1.29, 1.82) is 0 Å². The van der Waals surface area contributed by atoms with Gasteiger partial charge in [0.25, 0.3) is 5.91 Å². The lowest BCUT2D eigenvalue weighted by Crippen LogP contribution is -2.30. The largest absolute Gasteiger partial charge is 0.365 e. The number of likely N-dealkylation sites (N-methyl/N-ethyl adjacent to an activating group) is 1. The lowest BCUT2D eigenvalue weighted by atomic mass is 10.1. The number of anilines is 1. The molecule has 1 aromatic carbocycles. The molecule has 0 fully saturated rings. The molecule has 0 aliphatic heterocycles. The smallest absolute Gasteiger partial charge is 0.251 e. The molecule has 0 saturated carbocycles. The van der Waals surface area contributed by atoms with E-state index in [9.17, 15) is 9.59 Å². The predicted octanol–water partition coefficient (Wildman–Crippen LogP) is 2.97. The number of aryl methyl sites for hydroxylation is 2. The van der Waals surface area contributed by atoms with Crippen LogP contribution in [0.5, 0.6) is 0 Å². The zero-order chi connectivity index (χ0) is 18.7. The molecule has 0 unspecified atom stereocenters. The number of hydrogen-bond acceptors (Lipinski definition) is 4. The van der Waals surface area contributed by atoms with Crippen molar-refractivity contribution in [3.8, 4) is 0 Å². The Bertz CT molecular complexity index is 811. The SMILES string of the molecule is CCc1ccc(CN(C)CC(=O)Nc2sc3c(c2C(N)=O)CCC3)cc1. The van der Waals surface area contributed by atoms with Crippen LogP contribution >= 0.6 is 11.3 Å². The highest BCUT2D eigenvalue weighted by atomic mass is 32.1. The minimum Gasteiger partial charge on any atom is -0.365 e. The maximum Gasteiger partial charge on any atom is 0.251 e. The number of nitrogens with one attached hydrogen (secondary N) is 1. The summed E-state index contributed by atoms with van der Waals surface area (Å²) in [5.74, 6) is -0.579. The van der Waals surface area contributed by atoms with Crippen molar-refractivity contribution in [2.45, 2.75) is 39.2 Å². The summed E-state index contributed by atoms with van der Waals surface area (Å²) in [5.41, 5.74) is 9.55. The quantitative estimate of drug-likeness (QED) is 0.786. The number of carbonyl (C=O) groups excluding carboxylic acids is 2. The summed E-state index contributed by atoms with van der Waals surface area (Å²) in [6, 6.07) is 8.44. The molecule has 1 heterocycles. The van der Waals surface area contributed by atoms with Crippen molar-refractivity contribution < 1.29 is 9.59 Å². The van der Waals surface area contributed by atoms with Gasteiger partial charge in [-0.25, -0.2) is 0 Å². The van der Waals surface area contributed by atoms with Crippen LogP contribution < -0.4 is 11.1 Å². The third kappa shape index (κ3) is 4.14. The van der Waals surface area contributed by atoms with Crippen molar-refractivity contribution in [3.63, 3.8) is 0 Å². The number of fused-ring (bicyclic) bond motifs is 1. The Morgan fingerprint density at radius 3 is 2.54 bits per heavy atom. The van der Waals surface area contributed by atoms with Gasteiger partial charge >= 0.3 is 0 Å². The molecule has 2 amide bonds. The Morgan fingerprint density at radius 1 is 1.19 bits per heavy atom. The van der Waals surface area contributed by atoms with Crippen molar-refractivity contribution in [2.24, 2.45) is 5.73 Å². The summed E-state index contributed by atoms with van der Waals surface area (Å²) < 4.78 is 0. The fourth-order valence-corrected chi connectivity index (χ4v) is 4.72. The van der Waals surface area contributed by atoms with Gasteiger partial charge in [-0.2, -0.15) is 0 Å². The number of primary amides is 1. The highest BCUT2D eigenvalue weighted by Crippen LogP contribution is 2.38. The first-order chi connectivity index (χ1) is 12.5. The van der Waals surface area contributed by atoms with Gasteiger partial charge in [0.05, 0.1) is 12.1 Å². The first-order valence-corrected chi connectivity index (χ1v) is 9.80. The predicted molar refractivity (Wildman–Crippen MR) is 106 cm³/mol. The zero-order valence-electron chi connectivity index (χ0n) is 15.3. The van der Waals surface area contributed by atoms with Crippen LogP contribution in [0.25, 0.3) is 0 Å². The zero-order valence-corrected chi connectivity index (χ0v) is 16.1. The molecule has 0 atom stereocenters. The third-order valence-electron chi connectivity index (χ3n) is 4.72. The van der Waals surface area contributed by atoms with E-state index >= 15 is 0 Å². The average Bonchev–Trinajstić information content (AvgIpc) is 3.15. The molecule has 6 heteroatoms. The maximum absolute atomic E-state index is 12.4. The maximum atomic E-state index is 12.4. The molecule has 138 valence electrons. The van der Waals surface area contributed by atoms with Gasteiger partial charge in [0.15, 0.2) is 0 Å². The molecular weight excluding hydrogens is 346 g/mol. The Labute approximate surface area is 158 Å². The van der Waals surface area contributed by atoms with E-state index in [1.54, 1.807) is 0 Å². The molecule has 0 saturated heterocycles. The van der Waals surface area contributed by atoms with E-state index in [4.69, 9.17) is 5.73 Å². The molecule has 3 rings (SSSR count). The fourth-order valence-electron chi connectivity index (χ4n) is 3.41. The van der Waals surface area contributed by atoms with Gasteiger partial charge in [-0.05, 0) is 49.4 Å². The van der Waals surface area contributed by atoms with Crippen LogP contribution in [-0.2, 0) is 30.6 Å². The highest BCUT2D eigenvalue weighted by Gasteiger charge is 2.26. The summed E-state index contributed by atoms with van der Waals surface area (Å²) in [4.78, 5) is 27.4. The highest BCUT2D eigenvalue weighted by molar-refractivity contribution is 7.17. The monoisotopic (exact) mass is 371 g/mol. The Balaban J connectivity index is 1.61. The molecule has 2 aromatic rings. The van der Waals surface area contributed by atoms with Crippen molar-refractivity contribution in [1.82, 2.24) is 4.90 Å². The van der Waals surface area contributed by atoms with Gasteiger partial charge in [-0.1, -0.05) is 31.2 Å². The van der Waals surface area contributed by atoms with Crippen LogP contribution in [0.4, 0.5) is 5.00 Å². The second-order valence-electron chi connectivity index (χ2n) is 6.82. The summed E-state index contributed by atoms with van der Waals surface area (Å²) in [6.45, 7) is 3.09. The van der Waals surface area contributed by atoms with Gasteiger partial charge in [0.2, 0.25) is 5.91 Å². The molecule has 0 radical (unpaired) electrons. The van der Waals surface area contributed by atoms with Crippen molar-refractivity contribution >= 4 is 28.2 Å². The van der Waals surface area contributed by atoms with Crippen LogP contribution in [0.3, 0.4) is 0 Å². The fraction of sp³-hybridized carbons (Fsp3) is 0.400. The van der Waals surface area contributed by atoms with E-state index in [1.165, 1.54) is 27.3 Å². The lowest BCUT2D eigenvalue weighted by molar-refractivity contribution is -0.117. The normalized spacial score (nSPS) is 13.0. The molecule has 3 N–H and O–H groups in total. The van der Waals surface area contributed by atoms with E-state index in [1.807, 2.05) is 11.9 Å². The second kappa shape index (κ2) is 8.01. The van der Waals surface area contributed by atoms with Gasteiger partial charge in [0.1, 0.15) is 5.00 Å². The standard InChI is InChI=1S/C20H25N3O2S/c1-3-13-7-9-14(10-8-13)11-23(2)12-17(24)22-20-18(19(21)25)15-5-4-6-16(15)26-20/h7-10H,3-6,11-12H2,1-2H3,(H2,21,25)(H,22,24). The van der Waals surface area contributed by atoms with Gasteiger partial charge < -0.3 is 11.1 Å². The summed E-state index contributed by atoms with van der Waals surface area (Å²) in [6.07, 6.45) is 3.90. The Kier molecular flexibility index (Phi) is 5.74. The van der Waals surface area contributed by atoms with Crippen molar-refractivity contribution in [3.05, 3.63) is 51.4 Å². The number of nitrogens with zero attached hydrogens (tertiary/aromatic N) is 1. The van der Waals surface area contributed by atoms with Crippen LogP contribution in [0.2, 0.25) is 0 Å². The summed E-state index contributed by atoms with van der Waals surface area (Å²) in [5, 5.41) is 3.50. The second-order valence-corrected chi connectivity index (χ2v) is 7.92. The number of amides is 2. The molecule has 26 heavy (non-hydrogen) atoms.